The molecule has 1 aromatic heterocycles. The average Bonchev–Trinajstić information content (AvgIpc) is 3.18. The van der Waals surface area contributed by atoms with Crippen LogP contribution in [-0.4, -0.2) is 8.24 Å². The van der Waals surface area contributed by atoms with Gasteiger partial charge in [-0.25, -0.2) is 0 Å². The Balaban J connectivity index is 0.00000128. The van der Waals surface area contributed by atoms with Crippen molar-refractivity contribution < 1.29 is 21.7 Å². The Morgan fingerprint density at radius 2 is 1.47 bits per heavy atom. The number of allylic oxidation sites excluding steroid dienone is 1. The van der Waals surface area contributed by atoms with Crippen LogP contribution in [0.2, 0.25) is 18.6 Å². The normalized spacial score (nSPS) is 25.3. The van der Waals surface area contributed by atoms with E-state index in [0.717, 1.165) is 5.69 Å². The summed E-state index contributed by atoms with van der Waals surface area (Å²) < 4.78 is 1.44. The third-order valence-corrected chi connectivity index (χ3v) is 11.8. The molecule has 168 valence electrons. The molecule has 3 aromatic rings. The molecular formula is C28H37NSSiTi. The predicted molar refractivity (Wildman–Crippen MR) is 145 cm³/mol. The van der Waals surface area contributed by atoms with Gasteiger partial charge in [0.15, 0.2) is 0 Å². The van der Waals surface area contributed by atoms with E-state index >= 15 is 0 Å². The molecule has 1 fully saturated rings. The molecule has 1 saturated carbocycles. The number of nitrogens with zero attached hydrogens (tertiary/aromatic N) is 1. The summed E-state index contributed by atoms with van der Waals surface area (Å²) in [6.07, 6.45) is 4.97. The molecule has 0 N–H and O–H groups in total. The van der Waals surface area contributed by atoms with Crippen LogP contribution in [-0.2, 0) is 21.7 Å². The third kappa shape index (κ3) is 4.59. The largest absolute Gasteiger partial charge is 4.00 e. The number of thiophene rings is 1. The number of benzene rings is 2. The fourth-order valence-electron chi connectivity index (χ4n) is 6.05. The van der Waals surface area contributed by atoms with Gasteiger partial charge in [-0.1, -0.05) is 87.1 Å². The Kier molecular flexibility index (Phi) is 9.81. The summed E-state index contributed by atoms with van der Waals surface area (Å²) in [7, 11) is -1.82. The molecule has 1 heterocycles. The molecule has 0 bridgehead atoms. The van der Waals surface area contributed by atoms with Gasteiger partial charge in [0.05, 0.1) is 0 Å². The molecule has 5 rings (SSSR count). The van der Waals surface area contributed by atoms with Gasteiger partial charge < -0.3 is 27.3 Å². The van der Waals surface area contributed by atoms with Crippen LogP contribution in [0, 0.1) is 40.0 Å². The van der Waals surface area contributed by atoms with Gasteiger partial charge in [0.2, 0.25) is 0 Å². The molecule has 0 amide bonds. The zero-order valence-corrected chi connectivity index (χ0v) is 24.0. The van der Waals surface area contributed by atoms with Crippen LogP contribution in [0.5, 0.6) is 0 Å². The average molecular weight is 496 g/mol. The molecule has 2 aliphatic rings. The van der Waals surface area contributed by atoms with Crippen LogP contribution in [0.3, 0.4) is 0 Å². The van der Waals surface area contributed by atoms with Crippen molar-refractivity contribution in [2.45, 2.75) is 38.4 Å². The van der Waals surface area contributed by atoms with Gasteiger partial charge in [0, 0.05) is 9.58 Å². The summed E-state index contributed by atoms with van der Waals surface area (Å²) in [4.78, 5) is 6.85. The van der Waals surface area contributed by atoms with Gasteiger partial charge in [-0.2, -0.15) is 0 Å². The SMILES string of the molecule is CC1C(C)C([Si](C)(C)[N-]c2ccccc2)C2C=Cc3sc4ccccc4c3C12.[CH3-].[CH3-].[CH3-].[Ti+4]. The predicted octanol–water partition coefficient (Wildman–Crippen LogP) is 9.54. The van der Waals surface area contributed by atoms with Gasteiger partial charge in [-0.05, 0) is 55.0 Å². The van der Waals surface area contributed by atoms with E-state index < -0.39 is 8.24 Å². The van der Waals surface area contributed by atoms with E-state index in [2.05, 4.69) is 93.7 Å². The first-order valence-corrected chi connectivity index (χ1v) is 14.3. The maximum atomic E-state index is 5.36. The summed E-state index contributed by atoms with van der Waals surface area (Å²) >= 11 is 1.96. The summed E-state index contributed by atoms with van der Waals surface area (Å²) in [5.74, 6) is 2.63. The molecule has 0 radical (unpaired) electrons. The quantitative estimate of drug-likeness (QED) is 0.254. The van der Waals surface area contributed by atoms with Crippen molar-refractivity contribution in [2.75, 3.05) is 0 Å². The van der Waals surface area contributed by atoms with Crippen molar-refractivity contribution in [3.63, 3.8) is 0 Å². The van der Waals surface area contributed by atoms with Crippen LogP contribution in [0.1, 0.15) is 30.2 Å². The maximum absolute atomic E-state index is 5.36. The third-order valence-electron chi connectivity index (χ3n) is 7.25. The monoisotopic (exact) mass is 495 g/mol. The van der Waals surface area contributed by atoms with Gasteiger partial charge in [0.25, 0.3) is 0 Å². The Labute approximate surface area is 216 Å². The second-order valence-electron chi connectivity index (χ2n) is 9.18. The van der Waals surface area contributed by atoms with Crippen molar-refractivity contribution in [3.05, 3.63) is 98.4 Å². The van der Waals surface area contributed by atoms with Gasteiger partial charge in [0.1, 0.15) is 0 Å². The summed E-state index contributed by atoms with van der Waals surface area (Å²) in [6, 6.07) is 19.6. The Bertz CT molecular complexity index is 1040. The maximum Gasteiger partial charge on any atom is 4.00 e. The van der Waals surface area contributed by atoms with Crippen molar-refractivity contribution in [3.8, 4) is 0 Å². The van der Waals surface area contributed by atoms with E-state index in [0.29, 0.717) is 29.2 Å². The second kappa shape index (κ2) is 10.9. The molecular weight excluding hydrogens is 458 g/mol. The van der Waals surface area contributed by atoms with Gasteiger partial charge in [-0.15, -0.1) is 17.0 Å². The fraction of sp³-hybridized carbons (Fsp3) is 0.321. The Morgan fingerprint density at radius 1 is 0.844 bits per heavy atom. The van der Waals surface area contributed by atoms with Gasteiger partial charge in [-0.3, -0.25) is 0 Å². The smallest absolute Gasteiger partial charge is 0.687 e. The van der Waals surface area contributed by atoms with E-state index in [9.17, 15) is 0 Å². The molecule has 2 aromatic carbocycles. The molecule has 0 spiro atoms. The van der Waals surface area contributed by atoms with Gasteiger partial charge >= 0.3 is 21.7 Å². The zero-order valence-electron chi connectivity index (χ0n) is 20.6. The summed E-state index contributed by atoms with van der Waals surface area (Å²) in [6.45, 7) is 9.94. The fourth-order valence-corrected chi connectivity index (χ4v) is 11.0. The number of rotatable bonds is 3. The Morgan fingerprint density at radius 3 is 2.16 bits per heavy atom. The number of hydrogen-bond donors (Lipinski definition) is 0. The minimum atomic E-state index is -1.82. The first-order valence-electron chi connectivity index (χ1n) is 10.4. The molecule has 4 heteroatoms. The van der Waals surface area contributed by atoms with E-state index in [-0.39, 0.29) is 44.0 Å². The van der Waals surface area contributed by atoms with E-state index in [1.165, 1.54) is 15.0 Å². The molecule has 5 unspecified atom stereocenters. The van der Waals surface area contributed by atoms with Crippen molar-refractivity contribution in [2.24, 2.45) is 17.8 Å². The molecule has 0 saturated heterocycles. The van der Waals surface area contributed by atoms with Crippen molar-refractivity contribution in [1.29, 1.82) is 0 Å². The Hall–Kier alpha value is -1.13. The summed E-state index contributed by atoms with van der Waals surface area (Å²) in [5, 5.41) is 1.49. The molecule has 0 aliphatic heterocycles. The first-order chi connectivity index (χ1) is 13.5. The zero-order chi connectivity index (χ0) is 19.5. The minimum absolute atomic E-state index is 0. The van der Waals surface area contributed by atoms with Crippen molar-refractivity contribution >= 4 is 41.4 Å². The van der Waals surface area contributed by atoms with E-state index in [1.54, 1.807) is 5.56 Å². The van der Waals surface area contributed by atoms with E-state index in [1.807, 2.05) is 11.3 Å². The summed E-state index contributed by atoms with van der Waals surface area (Å²) in [5.41, 5.74) is 3.46. The topological polar surface area (TPSA) is 14.1 Å². The minimum Gasteiger partial charge on any atom is -0.687 e. The standard InChI is InChI=1S/C25H28NSSi.3CH3.Ti/c1-16-17(2)25(28(3,4)26-18-10-6-5-7-11-18)20-14-15-22-24(23(16)20)19-12-8-9-13-21(19)27-22;;;;/h5-17,20,23,25H,1-4H3;3*1H3;/q4*-1;+4. The molecule has 2 aliphatic carbocycles. The number of hydrogen-bond acceptors (Lipinski definition) is 1. The van der Waals surface area contributed by atoms with Crippen molar-refractivity contribution in [1.82, 2.24) is 0 Å². The molecule has 1 nitrogen and oxygen atoms in total. The van der Waals surface area contributed by atoms with Crippen LogP contribution < -0.4 is 0 Å². The molecule has 5 atom stereocenters. The van der Waals surface area contributed by atoms with Crippen LogP contribution in [0.15, 0.2) is 60.7 Å². The number of fused-ring (bicyclic) bond motifs is 5. The van der Waals surface area contributed by atoms with E-state index in [4.69, 9.17) is 4.98 Å². The molecule has 32 heavy (non-hydrogen) atoms. The van der Waals surface area contributed by atoms with Crippen LogP contribution >= 0.6 is 11.3 Å². The van der Waals surface area contributed by atoms with Crippen LogP contribution in [0.25, 0.3) is 21.1 Å². The first kappa shape index (κ1) is 28.9. The van der Waals surface area contributed by atoms with Crippen LogP contribution in [0.4, 0.5) is 5.69 Å². The second-order valence-corrected chi connectivity index (χ2v) is 14.5.